The normalized spacial score (nSPS) is 13.1. The topological polar surface area (TPSA) is 20.2 Å². The molecule has 59 valence electrons. The van der Waals surface area contributed by atoms with E-state index in [9.17, 15) is 4.39 Å². The van der Waals surface area contributed by atoms with E-state index >= 15 is 0 Å². The average Bonchev–Trinajstić information content (AvgIpc) is 1.94. The molecule has 0 saturated heterocycles. The third kappa shape index (κ3) is 1.91. The smallest absolute Gasteiger partial charge is 0.142 e. The molecule has 1 aromatic rings. The first-order valence-electron chi connectivity index (χ1n) is 3.07. The summed E-state index contributed by atoms with van der Waals surface area (Å²) in [5.41, 5.74) is 0.423. The second-order valence-electron chi connectivity index (χ2n) is 2.19. The van der Waals surface area contributed by atoms with Gasteiger partial charge in [0.05, 0.1) is 11.1 Å². The fraction of sp³-hybridized carbons (Fsp3) is 0.125. The molecule has 1 aromatic carbocycles. The molecule has 1 N–H and O–H groups in total. The van der Waals surface area contributed by atoms with Crippen LogP contribution in [0.1, 0.15) is 11.7 Å². The molecule has 0 saturated carbocycles. The summed E-state index contributed by atoms with van der Waals surface area (Å²) in [6.07, 6.45) is -0.901. The highest BCUT2D eigenvalue weighted by atomic mass is 35.5. The van der Waals surface area contributed by atoms with Crippen molar-refractivity contribution in [3.63, 3.8) is 0 Å². The fourth-order valence-corrected chi connectivity index (χ4v) is 0.837. The maximum Gasteiger partial charge on any atom is 0.142 e. The monoisotopic (exact) mass is 173 g/mol. The minimum absolute atomic E-state index is 0.0504. The molecule has 0 fully saturated rings. The minimum Gasteiger partial charge on any atom is -0.388 e. The van der Waals surface area contributed by atoms with Crippen LogP contribution in [0.3, 0.4) is 0 Å². The van der Waals surface area contributed by atoms with Crippen LogP contribution < -0.4 is 0 Å². The summed E-state index contributed by atoms with van der Waals surface area (Å²) in [4.78, 5) is 0. The first kappa shape index (κ1) is 8.50. The zero-order valence-electron chi connectivity index (χ0n) is 5.72. The average molecular weight is 174 g/mol. The molecular formula is C8H7ClFO. The van der Waals surface area contributed by atoms with E-state index in [1.54, 1.807) is 0 Å². The van der Waals surface area contributed by atoms with Crippen LogP contribution in [0, 0.1) is 12.7 Å². The van der Waals surface area contributed by atoms with Crippen LogP contribution in [0.4, 0.5) is 4.39 Å². The van der Waals surface area contributed by atoms with E-state index in [0.717, 1.165) is 0 Å². The van der Waals surface area contributed by atoms with Crippen molar-refractivity contribution in [1.29, 1.82) is 0 Å². The molecule has 0 heterocycles. The lowest BCUT2D eigenvalue weighted by Crippen LogP contribution is -1.91. The molecule has 1 unspecified atom stereocenters. The van der Waals surface area contributed by atoms with Crippen LogP contribution in [0.5, 0.6) is 0 Å². The summed E-state index contributed by atoms with van der Waals surface area (Å²) in [5, 5.41) is 8.97. The number of aliphatic hydroxyl groups excluding tert-OH is 1. The Morgan fingerprint density at radius 2 is 2.18 bits per heavy atom. The van der Waals surface area contributed by atoms with Crippen molar-refractivity contribution >= 4 is 11.6 Å². The molecule has 3 heteroatoms. The summed E-state index contributed by atoms with van der Waals surface area (Å²) in [5.74, 6) is -0.535. The Hall–Kier alpha value is -0.600. The highest BCUT2D eigenvalue weighted by molar-refractivity contribution is 6.30. The first-order chi connectivity index (χ1) is 5.11. The van der Waals surface area contributed by atoms with Gasteiger partial charge in [-0.25, -0.2) is 4.39 Å². The van der Waals surface area contributed by atoms with Gasteiger partial charge in [-0.1, -0.05) is 17.7 Å². The maximum absolute atomic E-state index is 12.7. The molecule has 1 rings (SSSR count). The van der Waals surface area contributed by atoms with Gasteiger partial charge < -0.3 is 5.11 Å². The summed E-state index contributed by atoms with van der Waals surface area (Å²) in [6, 6.07) is 4.09. The lowest BCUT2D eigenvalue weighted by Gasteiger charge is -2.03. The lowest BCUT2D eigenvalue weighted by atomic mass is 10.1. The molecule has 0 bridgehead atoms. The summed E-state index contributed by atoms with van der Waals surface area (Å²) in [6.45, 7) is 3.33. The molecule has 0 aliphatic heterocycles. The van der Waals surface area contributed by atoms with Crippen LogP contribution in [-0.4, -0.2) is 5.11 Å². The van der Waals surface area contributed by atoms with E-state index in [-0.39, 0.29) is 5.02 Å². The third-order valence-electron chi connectivity index (χ3n) is 1.33. The molecule has 0 spiro atoms. The van der Waals surface area contributed by atoms with E-state index in [4.69, 9.17) is 16.7 Å². The van der Waals surface area contributed by atoms with Gasteiger partial charge in [0.15, 0.2) is 0 Å². The second-order valence-corrected chi connectivity index (χ2v) is 2.60. The van der Waals surface area contributed by atoms with Crippen LogP contribution in [0.2, 0.25) is 5.02 Å². The summed E-state index contributed by atoms with van der Waals surface area (Å²) >= 11 is 5.41. The van der Waals surface area contributed by atoms with Crippen LogP contribution in [0.25, 0.3) is 0 Å². The van der Waals surface area contributed by atoms with Crippen molar-refractivity contribution in [3.05, 3.63) is 41.5 Å². The van der Waals surface area contributed by atoms with Crippen molar-refractivity contribution < 1.29 is 9.50 Å². The number of benzene rings is 1. The van der Waals surface area contributed by atoms with E-state index < -0.39 is 11.9 Å². The highest BCUT2D eigenvalue weighted by Gasteiger charge is 2.04. The molecule has 0 aliphatic rings. The zero-order chi connectivity index (χ0) is 8.43. The SMILES string of the molecule is [CH2]C(O)c1ccc(Cl)c(F)c1. The quantitative estimate of drug-likeness (QED) is 0.691. The first-order valence-corrected chi connectivity index (χ1v) is 3.45. The van der Waals surface area contributed by atoms with Crippen molar-refractivity contribution in [2.75, 3.05) is 0 Å². The van der Waals surface area contributed by atoms with Crippen LogP contribution in [0.15, 0.2) is 18.2 Å². The molecule has 0 aliphatic carbocycles. The Morgan fingerprint density at radius 1 is 1.55 bits per heavy atom. The Bertz CT molecular complexity index is 260. The maximum atomic E-state index is 12.7. The Labute approximate surface area is 69.4 Å². The van der Waals surface area contributed by atoms with Crippen LogP contribution >= 0.6 is 11.6 Å². The Kier molecular flexibility index (Phi) is 2.47. The van der Waals surface area contributed by atoms with Gasteiger partial charge in [0, 0.05) is 0 Å². The Balaban J connectivity index is 3.05. The lowest BCUT2D eigenvalue weighted by molar-refractivity contribution is 0.225. The highest BCUT2D eigenvalue weighted by Crippen LogP contribution is 2.19. The molecule has 0 aromatic heterocycles. The molecule has 1 radical (unpaired) electrons. The third-order valence-corrected chi connectivity index (χ3v) is 1.63. The summed E-state index contributed by atoms with van der Waals surface area (Å²) < 4.78 is 12.7. The number of halogens is 2. The molecule has 11 heavy (non-hydrogen) atoms. The Morgan fingerprint density at radius 3 is 2.64 bits per heavy atom. The van der Waals surface area contributed by atoms with Crippen molar-refractivity contribution in [1.82, 2.24) is 0 Å². The number of rotatable bonds is 1. The van der Waals surface area contributed by atoms with Gasteiger partial charge in [0.1, 0.15) is 5.82 Å². The number of hydrogen-bond donors (Lipinski definition) is 1. The van der Waals surface area contributed by atoms with Gasteiger partial charge in [0.25, 0.3) is 0 Å². The zero-order valence-corrected chi connectivity index (χ0v) is 6.48. The van der Waals surface area contributed by atoms with Gasteiger partial charge in [0.2, 0.25) is 0 Å². The van der Waals surface area contributed by atoms with Gasteiger partial charge in [-0.3, -0.25) is 0 Å². The molecule has 1 atom stereocenters. The standard InChI is InChI=1S/C8H7ClFO/c1-5(11)6-2-3-7(9)8(10)4-6/h2-5,11H,1H2. The van der Waals surface area contributed by atoms with E-state index in [0.29, 0.717) is 5.56 Å². The van der Waals surface area contributed by atoms with Crippen LogP contribution in [-0.2, 0) is 0 Å². The molecule has 0 amide bonds. The van der Waals surface area contributed by atoms with E-state index in [1.165, 1.54) is 18.2 Å². The van der Waals surface area contributed by atoms with Crippen molar-refractivity contribution in [3.8, 4) is 0 Å². The minimum atomic E-state index is -0.901. The number of aliphatic hydroxyl groups is 1. The molecular weight excluding hydrogens is 167 g/mol. The van der Waals surface area contributed by atoms with Gasteiger partial charge in [-0.2, -0.15) is 0 Å². The van der Waals surface area contributed by atoms with Crippen molar-refractivity contribution in [2.24, 2.45) is 0 Å². The van der Waals surface area contributed by atoms with E-state index in [1.807, 2.05) is 0 Å². The molecule has 1 nitrogen and oxygen atoms in total. The fourth-order valence-electron chi connectivity index (χ4n) is 0.720. The predicted octanol–water partition coefficient (Wildman–Crippen LogP) is 2.35. The largest absolute Gasteiger partial charge is 0.388 e. The van der Waals surface area contributed by atoms with Gasteiger partial charge in [-0.15, -0.1) is 0 Å². The summed E-state index contributed by atoms with van der Waals surface area (Å²) in [7, 11) is 0. The number of hydrogen-bond acceptors (Lipinski definition) is 1. The van der Waals surface area contributed by atoms with Gasteiger partial charge >= 0.3 is 0 Å². The van der Waals surface area contributed by atoms with E-state index in [2.05, 4.69) is 6.92 Å². The second kappa shape index (κ2) is 3.20. The van der Waals surface area contributed by atoms with Crippen molar-refractivity contribution in [2.45, 2.75) is 6.10 Å². The van der Waals surface area contributed by atoms with Gasteiger partial charge in [-0.05, 0) is 24.6 Å². The predicted molar refractivity (Wildman–Crippen MR) is 41.7 cm³/mol.